The Kier molecular flexibility index (Phi) is 7.21. The number of allylic oxidation sites excluding steroid dienone is 4. The molecule has 0 aliphatic carbocycles. The van der Waals surface area contributed by atoms with Gasteiger partial charge in [-0.25, -0.2) is 0 Å². The fourth-order valence-electron chi connectivity index (χ4n) is 2.91. The zero-order chi connectivity index (χ0) is 18.0. The molecular weight excluding hydrogens is 336 g/mol. The van der Waals surface area contributed by atoms with Crippen molar-refractivity contribution in [3.8, 4) is 5.75 Å². The van der Waals surface area contributed by atoms with Gasteiger partial charge in [-0.05, 0) is 58.7 Å². The molecule has 2 aromatic carbocycles. The monoisotopic (exact) mass is 362 g/mol. The van der Waals surface area contributed by atoms with Crippen LogP contribution in [0.3, 0.4) is 0 Å². The van der Waals surface area contributed by atoms with Gasteiger partial charge < -0.3 is 4.74 Å². The Morgan fingerprint density at radius 3 is 2.65 bits per heavy atom. The first kappa shape index (κ1) is 18.6. The van der Waals surface area contributed by atoms with Gasteiger partial charge in [0, 0.05) is 5.75 Å². The number of rotatable bonds is 6. The molecule has 0 amide bonds. The summed E-state index contributed by atoms with van der Waals surface area (Å²) in [6.45, 7) is 2.80. The molecule has 1 heterocycles. The van der Waals surface area contributed by atoms with E-state index in [4.69, 9.17) is 4.74 Å². The number of hydrogen-bond donors (Lipinski definition) is 0. The summed E-state index contributed by atoms with van der Waals surface area (Å²) in [5.41, 5.74) is 5.21. The van der Waals surface area contributed by atoms with Gasteiger partial charge in [0.1, 0.15) is 12.4 Å². The van der Waals surface area contributed by atoms with Gasteiger partial charge in [-0.3, -0.25) is 0 Å². The molecule has 134 valence electrons. The molecule has 0 radical (unpaired) electrons. The van der Waals surface area contributed by atoms with Crippen LogP contribution in [0.5, 0.6) is 5.75 Å². The zero-order valence-electron chi connectivity index (χ0n) is 15.4. The molecule has 1 nitrogen and oxygen atoms in total. The predicted molar refractivity (Wildman–Crippen MR) is 115 cm³/mol. The lowest BCUT2D eigenvalue weighted by molar-refractivity contribution is 0.306. The van der Waals surface area contributed by atoms with Gasteiger partial charge in [0.25, 0.3) is 0 Å². The van der Waals surface area contributed by atoms with Crippen molar-refractivity contribution in [2.75, 3.05) is 5.75 Å². The van der Waals surface area contributed by atoms with E-state index in [0.717, 1.165) is 24.3 Å². The van der Waals surface area contributed by atoms with Crippen LogP contribution in [0.25, 0.3) is 5.57 Å². The summed E-state index contributed by atoms with van der Waals surface area (Å²) in [4.78, 5) is 0. The van der Waals surface area contributed by atoms with Crippen LogP contribution < -0.4 is 4.74 Å². The Bertz CT molecular complexity index is 784. The van der Waals surface area contributed by atoms with E-state index in [-0.39, 0.29) is 0 Å². The number of benzene rings is 2. The molecule has 1 aliphatic heterocycles. The molecule has 1 aliphatic rings. The predicted octanol–water partition coefficient (Wildman–Crippen LogP) is 6.81. The van der Waals surface area contributed by atoms with E-state index in [1.54, 1.807) is 0 Å². The Hall–Kier alpha value is -2.19. The van der Waals surface area contributed by atoms with Gasteiger partial charge >= 0.3 is 0 Å². The van der Waals surface area contributed by atoms with Gasteiger partial charge in [0.05, 0.1) is 0 Å². The molecule has 0 fully saturated rings. The fourth-order valence-corrected chi connectivity index (χ4v) is 3.67. The van der Waals surface area contributed by atoms with E-state index >= 15 is 0 Å². The van der Waals surface area contributed by atoms with Crippen LogP contribution in [0.1, 0.15) is 36.5 Å². The average Bonchev–Trinajstić information content (AvgIpc) is 2.82. The van der Waals surface area contributed by atoms with E-state index in [0.29, 0.717) is 6.61 Å². The standard InChI is InChI=1S/C24H26OS/c1-2-8-20-12-14-24(15-13-20)25-18-21-9-7-11-22(17-21)23-10-5-3-4-6-16-26-19-23/h3-7,9,11-15,17,19H,2,8,10,16,18H2,1H3/b5-3-,6-4-,23-19+. The minimum absolute atomic E-state index is 0.596. The lowest BCUT2D eigenvalue weighted by Gasteiger charge is -2.10. The largest absolute Gasteiger partial charge is 0.489 e. The van der Waals surface area contributed by atoms with Crippen molar-refractivity contribution in [1.82, 2.24) is 0 Å². The maximum atomic E-state index is 5.98. The van der Waals surface area contributed by atoms with Gasteiger partial charge in [0.15, 0.2) is 0 Å². The molecular formula is C24H26OS. The molecule has 0 N–H and O–H groups in total. The summed E-state index contributed by atoms with van der Waals surface area (Å²) in [6.07, 6.45) is 11.9. The first-order valence-corrected chi connectivity index (χ1v) is 10.3. The Labute approximate surface area is 161 Å². The second-order valence-corrected chi connectivity index (χ2v) is 7.32. The highest BCUT2D eigenvalue weighted by atomic mass is 32.2. The van der Waals surface area contributed by atoms with E-state index in [9.17, 15) is 0 Å². The lowest BCUT2D eigenvalue weighted by atomic mass is 10.0. The summed E-state index contributed by atoms with van der Waals surface area (Å²) < 4.78 is 5.98. The van der Waals surface area contributed by atoms with Crippen molar-refractivity contribution in [2.45, 2.75) is 32.8 Å². The Morgan fingerprint density at radius 2 is 1.81 bits per heavy atom. The van der Waals surface area contributed by atoms with Crippen molar-refractivity contribution in [1.29, 1.82) is 0 Å². The molecule has 3 rings (SSSR count). The second-order valence-electron chi connectivity index (χ2n) is 6.42. The average molecular weight is 363 g/mol. The van der Waals surface area contributed by atoms with Crippen LogP contribution in [-0.4, -0.2) is 5.75 Å². The number of hydrogen-bond acceptors (Lipinski definition) is 2. The molecule has 0 spiro atoms. The van der Waals surface area contributed by atoms with E-state index in [1.165, 1.54) is 28.7 Å². The topological polar surface area (TPSA) is 9.23 Å². The molecule has 0 saturated heterocycles. The van der Waals surface area contributed by atoms with Crippen molar-refractivity contribution >= 4 is 17.3 Å². The lowest BCUT2D eigenvalue weighted by Crippen LogP contribution is -1.97. The first-order valence-electron chi connectivity index (χ1n) is 9.28. The molecule has 2 heteroatoms. The SMILES string of the molecule is CCCc1ccc(OCc2cccc(/C3=C/SC/C=C\C=C/C3)c2)cc1. The number of aryl methyl sites for hydroxylation is 1. The third-order valence-corrected chi connectivity index (χ3v) is 5.14. The highest BCUT2D eigenvalue weighted by Gasteiger charge is 2.04. The van der Waals surface area contributed by atoms with Gasteiger partial charge in [-0.15, -0.1) is 11.8 Å². The number of ether oxygens (including phenoxy) is 1. The third-order valence-electron chi connectivity index (χ3n) is 4.30. The van der Waals surface area contributed by atoms with Crippen LogP contribution in [-0.2, 0) is 13.0 Å². The van der Waals surface area contributed by atoms with E-state index in [1.807, 2.05) is 11.8 Å². The molecule has 0 unspecified atom stereocenters. The highest BCUT2D eigenvalue weighted by molar-refractivity contribution is 8.02. The van der Waals surface area contributed by atoms with Crippen LogP contribution >= 0.6 is 11.8 Å². The molecule has 0 atom stereocenters. The van der Waals surface area contributed by atoms with Crippen LogP contribution in [0.15, 0.2) is 78.2 Å². The minimum atomic E-state index is 0.596. The number of thioether (sulfide) groups is 1. The fraction of sp³-hybridized carbons (Fsp3) is 0.250. The second kappa shape index (κ2) is 10.1. The van der Waals surface area contributed by atoms with Crippen molar-refractivity contribution < 1.29 is 4.74 Å². The zero-order valence-corrected chi connectivity index (χ0v) is 16.2. The maximum absolute atomic E-state index is 5.98. The van der Waals surface area contributed by atoms with Gasteiger partial charge in [-0.1, -0.05) is 68.0 Å². The summed E-state index contributed by atoms with van der Waals surface area (Å²) in [5, 5.41) is 2.28. The quantitative estimate of drug-likeness (QED) is 0.558. The van der Waals surface area contributed by atoms with Crippen LogP contribution in [0.4, 0.5) is 0 Å². The summed E-state index contributed by atoms with van der Waals surface area (Å²) >= 11 is 1.85. The summed E-state index contributed by atoms with van der Waals surface area (Å²) in [6, 6.07) is 17.2. The van der Waals surface area contributed by atoms with E-state index in [2.05, 4.69) is 85.2 Å². The maximum Gasteiger partial charge on any atom is 0.119 e. The van der Waals surface area contributed by atoms with Crippen molar-refractivity contribution in [3.05, 3.63) is 94.9 Å². The Morgan fingerprint density at radius 1 is 0.962 bits per heavy atom. The van der Waals surface area contributed by atoms with Crippen LogP contribution in [0, 0.1) is 0 Å². The summed E-state index contributed by atoms with van der Waals surface area (Å²) in [5.74, 6) is 1.95. The molecule has 0 bridgehead atoms. The molecule has 0 aromatic heterocycles. The molecule has 26 heavy (non-hydrogen) atoms. The van der Waals surface area contributed by atoms with E-state index < -0.39 is 0 Å². The first-order chi connectivity index (χ1) is 12.8. The van der Waals surface area contributed by atoms with Gasteiger partial charge in [0.2, 0.25) is 0 Å². The third kappa shape index (κ3) is 5.67. The normalized spacial score (nSPS) is 18.7. The molecule has 2 aromatic rings. The highest BCUT2D eigenvalue weighted by Crippen LogP contribution is 2.25. The van der Waals surface area contributed by atoms with Crippen molar-refractivity contribution in [2.24, 2.45) is 0 Å². The Balaban J connectivity index is 1.65. The van der Waals surface area contributed by atoms with Gasteiger partial charge in [-0.2, -0.15) is 0 Å². The van der Waals surface area contributed by atoms with Crippen molar-refractivity contribution in [3.63, 3.8) is 0 Å². The smallest absolute Gasteiger partial charge is 0.119 e. The summed E-state index contributed by atoms with van der Waals surface area (Å²) in [7, 11) is 0. The minimum Gasteiger partial charge on any atom is -0.489 e. The molecule has 0 saturated carbocycles. The van der Waals surface area contributed by atoms with Crippen LogP contribution in [0.2, 0.25) is 0 Å².